The minimum Gasteiger partial charge on any atom is -0.349 e. The van der Waals surface area contributed by atoms with Crippen LogP contribution in [0.4, 0.5) is 4.39 Å². The molecule has 0 radical (unpaired) electrons. The van der Waals surface area contributed by atoms with Gasteiger partial charge >= 0.3 is 0 Å². The first kappa shape index (κ1) is 18.0. The summed E-state index contributed by atoms with van der Waals surface area (Å²) in [5, 5.41) is 4.18. The summed E-state index contributed by atoms with van der Waals surface area (Å²) in [6.07, 6.45) is 1.09. The number of nitrogens with zero attached hydrogens (tertiary/aromatic N) is 1. The molecule has 1 aliphatic heterocycles. The lowest BCUT2D eigenvalue weighted by atomic mass is 9.98. The summed E-state index contributed by atoms with van der Waals surface area (Å²) in [5.41, 5.74) is 4.77. The number of nitrogens with one attached hydrogen (secondary N) is 1. The maximum atomic E-state index is 14.0. The van der Waals surface area contributed by atoms with Crippen LogP contribution in [0, 0.1) is 19.7 Å². The van der Waals surface area contributed by atoms with Crippen LogP contribution in [0.15, 0.2) is 47.4 Å². The lowest BCUT2D eigenvalue weighted by molar-refractivity contribution is -0.121. The summed E-state index contributed by atoms with van der Waals surface area (Å²) in [4.78, 5) is 18.1. The Balaban J connectivity index is 1.58. The molecule has 4 rings (SSSR count). The van der Waals surface area contributed by atoms with Crippen molar-refractivity contribution in [3.63, 3.8) is 0 Å². The molecule has 1 N–H and O–H groups in total. The summed E-state index contributed by atoms with van der Waals surface area (Å²) in [7, 11) is 0. The van der Waals surface area contributed by atoms with Crippen LogP contribution in [0.1, 0.15) is 34.8 Å². The number of carbonyl (C=O) groups excluding carboxylic acids is 1. The second-order valence-corrected chi connectivity index (χ2v) is 8.02. The smallest absolute Gasteiger partial charge is 0.224 e. The highest BCUT2D eigenvalue weighted by Crippen LogP contribution is 2.37. The fraction of sp³-hybridized carbons (Fsp3) is 0.273. The predicted molar refractivity (Wildman–Crippen MR) is 108 cm³/mol. The lowest BCUT2D eigenvalue weighted by Crippen LogP contribution is -2.32. The number of thioether (sulfide) groups is 1. The molecule has 1 amide bonds. The Kier molecular flexibility index (Phi) is 4.87. The Labute approximate surface area is 162 Å². The number of fused-ring (bicyclic) bond motifs is 2. The molecule has 0 spiro atoms. The standard InChI is InChI=1S/C22H21FN2OS/c1-13-15-6-3-4-9-19(15)24-14(2)17(13)12-21(26)25-20-10-11-27-22-16(20)7-5-8-18(22)23/h3-9,20H,10-12H2,1-2H3,(H,25,26). The fourth-order valence-electron chi connectivity index (χ4n) is 3.77. The topological polar surface area (TPSA) is 42.0 Å². The zero-order valence-corrected chi connectivity index (χ0v) is 16.2. The highest BCUT2D eigenvalue weighted by molar-refractivity contribution is 7.99. The molecule has 1 atom stereocenters. The van der Waals surface area contributed by atoms with Crippen LogP contribution in [0.3, 0.4) is 0 Å². The van der Waals surface area contributed by atoms with Gasteiger partial charge in [-0.2, -0.15) is 0 Å². The van der Waals surface area contributed by atoms with Crippen LogP contribution < -0.4 is 5.32 Å². The van der Waals surface area contributed by atoms with Crippen LogP contribution in [0.2, 0.25) is 0 Å². The van der Waals surface area contributed by atoms with E-state index >= 15 is 0 Å². The van der Waals surface area contributed by atoms with Crippen molar-refractivity contribution in [1.29, 1.82) is 0 Å². The Morgan fingerprint density at radius 3 is 2.89 bits per heavy atom. The molecule has 0 fully saturated rings. The first-order valence-electron chi connectivity index (χ1n) is 9.10. The molecule has 2 heterocycles. The lowest BCUT2D eigenvalue weighted by Gasteiger charge is -2.26. The van der Waals surface area contributed by atoms with Gasteiger partial charge in [0.15, 0.2) is 0 Å². The maximum absolute atomic E-state index is 14.0. The van der Waals surface area contributed by atoms with Gasteiger partial charge in [-0.05, 0) is 49.1 Å². The molecule has 3 aromatic rings. The Bertz CT molecular complexity index is 1030. The molecule has 2 aromatic carbocycles. The second-order valence-electron chi connectivity index (χ2n) is 6.91. The van der Waals surface area contributed by atoms with Crippen molar-refractivity contribution >= 4 is 28.6 Å². The Hall–Kier alpha value is -2.40. The van der Waals surface area contributed by atoms with Crippen LogP contribution in [-0.2, 0) is 11.2 Å². The van der Waals surface area contributed by atoms with E-state index < -0.39 is 0 Å². The van der Waals surface area contributed by atoms with Gasteiger partial charge in [0.05, 0.1) is 18.0 Å². The van der Waals surface area contributed by atoms with Crippen molar-refractivity contribution in [3.05, 3.63) is 70.7 Å². The van der Waals surface area contributed by atoms with Crippen LogP contribution >= 0.6 is 11.8 Å². The number of hydrogen-bond donors (Lipinski definition) is 1. The molecule has 0 saturated heterocycles. The molecule has 0 bridgehead atoms. The van der Waals surface area contributed by atoms with Crippen molar-refractivity contribution in [2.75, 3.05) is 5.75 Å². The largest absolute Gasteiger partial charge is 0.349 e. The number of halogens is 1. The minimum atomic E-state index is -0.207. The Morgan fingerprint density at radius 1 is 1.22 bits per heavy atom. The van der Waals surface area contributed by atoms with Crippen molar-refractivity contribution < 1.29 is 9.18 Å². The van der Waals surface area contributed by atoms with Crippen molar-refractivity contribution in [1.82, 2.24) is 10.3 Å². The fourth-order valence-corrected chi connectivity index (χ4v) is 4.91. The van der Waals surface area contributed by atoms with Gasteiger partial charge in [0.2, 0.25) is 5.91 Å². The molecular weight excluding hydrogens is 359 g/mol. The normalized spacial score (nSPS) is 16.2. The van der Waals surface area contributed by atoms with E-state index in [1.54, 1.807) is 6.07 Å². The maximum Gasteiger partial charge on any atom is 0.224 e. The number of carbonyl (C=O) groups is 1. The first-order valence-corrected chi connectivity index (χ1v) is 10.1. The summed E-state index contributed by atoms with van der Waals surface area (Å²) in [6, 6.07) is 12.9. The van der Waals surface area contributed by atoms with Crippen LogP contribution in [0.5, 0.6) is 0 Å². The molecule has 5 heteroatoms. The minimum absolute atomic E-state index is 0.0506. The number of pyridine rings is 1. The monoisotopic (exact) mass is 380 g/mol. The van der Waals surface area contributed by atoms with E-state index in [4.69, 9.17) is 0 Å². The van der Waals surface area contributed by atoms with Crippen molar-refractivity contribution in [2.45, 2.75) is 37.6 Å². The SMILES string of the molecule is Cc1nc2ccccc2c(C)c1CC(=O)NC1CCSc2c(F)cccc21. The van der Waals surface area contributed by atoms with Crippen LogP contribution in [-0.4, -0.2) is 16.6 Å². The van der Waals surface area contributed by atoms with E-state index in [2.05, 4.69) is 10.3 Å². The third-order valence-corrected chi connectivity index (χ3v) is 6.34. The number of hydrogen-bond acceptors (Lipinski definition) is 3. The number of amides is 1. The number of para-hydroxylation sites is 1. The molecule has 27 heavy (non-hydrogen) atoms. The zero-order chi connectivity index (χ0) is 19.0. The van der Waals surface area contributed by atoms with Gasteiger partial charge in [0.25, 0.3) is 0 Å². The number of aryl methyl sites for hydroxylation is 2. The van der Waals surface area contributed by atoms with Gasteiger partial charge in [-0.1, -0.05) is 30.3 Å². The third-order valence-electron chi connectivity index (χ3n) is 5.18. The quantitative estimate of drug-likeness (QED) is 0.704. The van der Waals surface area contributed by atoms with E-state index in [-0.39, 0.29) is 24.2 Å². The highest BCUT2D eigenvalue weighted by Gasteiger charge is 2.25. The van der Waals surface area contributed by atoms with E-state index in [1.165, 1.54) is 17.8 Å². The van der Waals surface area contributed by atoms with E-state index in [0.717, 1.165) is 45.5 Å². The molecule has 0 saturated carbocycles. The molecule has 1 aromatic heterocycles. The van der Waals surface area contributed by atoms with Gasteiger partial charge in [0, 0.05) is 21.7 Å². The second kappa shape index (κ2) is 7.31. The molecule has 0 aliphatic carbocycles. The summed E-state index contributed by atoms with van der Waals surface area (Å²) in [6.45, 7) is 3.99. The van der Waals surface area contributed by atoms with Gasteiger partial charge in [-0.3, -0.25) is 9.78 Å². The Morgan fingerprint density at radius 2 is 2.04 bits per heavy atom. The zero-order valence-electron chi connectivity index (χ0n) is 15.4. The summed E-state index contributed by atoms with van der Waals surface area (Å²) >= 11 is 1.52. The summed E-state index contributed by atoms with van der Waals surface area (Å²) in [5.74, 6) is 0.543. The van der Waals surface area contributed by atoms with Crippen molar-refractivity contribution in [2.24, 2.45) is 0 Å². The predicted octanol–water partition coefficient (Wildman–Crippen LogP) is 4.89. The highest BCUT2D eigenvalue weighted by atomic mass is 32.2. The molecular formula is C22H21FN2OS. The molecule has 1 aliphatic rings. The van der Waals surface area contributed by atoms with Gasteiger partial charge < -0.3 is 5.32 Å². The number of aromatic nitrogens is 1. The van der Waals surface area contributed by atoms with Gasteiger partial charge in [0.1, 0.15) is 5.82 Å². The first-order chi connectivity index (χ1) is 13.0. The van der Waals surface area contributed by atoms with E-state index in [0.29, 0.717) is 4.90 Å². The van der Waals surface area contributed by atoms with Crippen molar-refractivity contribution in [3.8, 4) is 0 Å². The molecule has 1 unspecified atom stereocenters. The van der Waals surface area contributed by atoms with Gasteiger partial charge in [-0.25, -0.2) is 4.39 Å². The van der Waals surface area contributed by atoms with E-state index in [9.17, 15) is 9.18 Å². The van der Waals surface area contributed by atoms with Crippen LogP contribution in [0.25, 0.3) is 10.9 Å². The number of rotatable bonds is 3. The third kappa shape index (κ3) is 3.44. The number of benzene rings is 2. The molecule has 3 nitrogen and oxygen atoms in total. The average Bonchev–Trinajstić information content (AvgIpc) is 2.66. The summed E-state index contributed by atoms with van der Waals surface area (Å²) < 4.78 is 14.0. The molecule has 138 valence electrons. The van der Waals surface area contributed by atoms with Gasteiger partial charge in [-0.15, -0.1) is 11.8 Å². The average molecular weight is 380 g/mol. The van der Waals surface area contributed by atoms with E-state index in [1.807, 2.05) is 44.2 Å².